The second-order valence-corrected chi connectivity index (χ2v) is 1.58. The van der Waals surface area contributed by atoms with Crippen LogP contribution in [0.3, 0.4) is 0 Å². The zero-order chi connectivity index (χ0) is 5.98. The molecule has 0 aromatic carbocycles. The lowest BCUT2D eigenvalue weighted by atomic mass is 9.95. The van der Waals surface area contributed by atoms with E-state index in [0.29, 0.717) is 0 Å². The fourth-order valence-electron chi connectivity index (χ4n) is 0.663. The van der Waals surface area contributed by atoms with Gasteiger partial charge in [0.05, 0.1) is 0 Å². The van der Waals surface area contributed by atoms with E-state index >= 15 is 0 Å². The topological polar surface area (TPSA) is 35.0 Å². The maximum absolute atomic E-state index is 2.12. The minimum Gasteiger partial charge on any atom is -0.344 e. The summed E-state index contributed by atoms with van der Waals surface area (Å²) in [7, 11) is 0. The van der Waals surface area contributed by atoms with Crippen LogP contribution in [0, 0.1) is 0 Å². The summed E-state index contributed by atoms with van der Waals surface area (Å²) in [5, 5.41) is 0. The Hall–Kier alpha value is -0.820. The van der Waals surface area contributed by atoms with Crippen LogP contribution in [-0.4, -0.2) is 0 Å². The van der Waals surface area contributed by atoms with Gasteiger partial charge in [0.1, 0.15) is 0 Å². The van der Waals surface area contributed by atoms with E-state index in [1.807, 2.05) is 13.8 Å². The van der Waals surface area contributed by atoms with Gasteiger partial charge in [-0.25, -0.2) is 0 Å². The van der Waals surface area contributed by atoms with Crippen molar-refractivity contribution < 1.29 is 0 Å². The Kier molecular flexibility index (Phi) is 2.96. The lowest BCUT2D eigenvalue weighted by molar-refractivity contribution is 1.50. The molecule has 0 amide bonds. The Morgan fingerprint density at radius 2 is 1.00 bits per heavy atom. The summed E-state index contributed by atoms with van der Waals surface area (Å²) >= 11 is 0. The van der Waals surface area contributed by atoms with Crippen molar-refractivity contribution in [1.82, 2.24) is 6.15 Å². The lowest BCUT2D eigenvalue weighted by Crippen LogP contribution is -1.85. The molecule has 3 N–H and O–H groups in total. The Morgan fingerprint density at radius 1 is 0.778 bits per heavy atom. The average molecular weight is 123 g/mol. The predicted octanol–water partition coefficient (Wildman–Crippen LogP) is 2.86. The number of fused-ring (bicyclic) bond motifs is 1. The zero-order valence-electron chi connectivity index (χ0n) is 6.02. The molecule has 50 valence electrons. The Bertz CT molecular complexity index is 143. The lowest BCUT2D eigenvalue weighted by Gasteiger charge is -2.10. The van der Waals surface area contributed by atoms with E-state index in [2.05, 4.69) is 24.3 Å². The SMILES string of the molecule is CC.N.c1cc2ccc1-2. The normalized spacial score (nSPS) is 8.22. The van der Waals surface area contributed by atoms with E-state index in [1.54, 1.807) is 0 Å². The fourth-order valence-corrected chi connectivity index (χ4v) is 0.663. The Balaban J connectivity index is 0.000000198. The molecule has 9 heavy (non-hydrogen) atoms. The van der Waals surface area contributed by atoms with Crippen molar-refractivity contribution >= 4 is 0 Å². The van der Waals surface area contributed by atoms with Crippen LogP contribution in [0.2, 0.25) is 0 Å². The molecule has 0 unspecified atom stereocenters. The van der Waals surface area contributed by atoms with Gasteiger partial charge in [-0.3, -0.25) is 0 Å². The average Bonchev–Trinajstić information content (AvgIpc) is 1.83. The molecule has 2 aliphatic rings. The van der Waals surface area contributed by atoms with Gasteiger partial charge in [-0.15, -0.1) is 0 Å². The van der Waals surface area contributed by atoms with Gasteiger partial charge in [-0.2, -0.15) is 0 Å². The van der Waals surface area contributed by atoms with Crippen molar-refractivity contribution in [3.8, 4) is 11.1 Å². The zero-order valence-corrected chi connectivity index (χ0v) is 6.02. The summed E-state index contributed by atoms with van der Waals surface area (Å²) in [5.41, 5.74) is 2.85. The maximum Gasteiger partial charge on any atom is -0.0184 e. The molecule has 0 atom stereocenters. The van der Waals surface area contributed by atoms with E-state index in [-0.39, 0.29) is 6.15 Å². The van der Waals surface area contributed by atoms with Crippen molar-refractivity contribution in [2.45, 2.75) is 13.8 Å². The van der Waals surface area contributed by atoms with E-state index < -0.39 is 0 Å². The predicted molar refractivity (Wildman–Crippen MR) is 41.8 cm³/mol. The Labute approximate surface area is 56.3 Å². The molecular weight excluding hydrogens is 110 g/mol. The molecule has 2 rings (SSSR count). The number of benzene rings is 1. The Morgan fingerprint density at radius 3 is 1.00 bits per heavy atom. The second kappa shape index (κ2) is 3.25. The van der Waals surface area contributed by atoms with Gasteiger partial charge in [0.25, 0.3) is 0 Å². The van der Waals surface area contributed by atoms with Crippen LogP contribution in [0.25, 0.3) is 11.1 Å². The van der Waals surface area contributed by atoms with Gasteiger partial charge in [0, 0.05) is 0 Å². The molecule has 0 spiro atoms. The smallest absolute Gasteiger partial charge is 0.0184 e. The van der Waals surface area contributed by atoms with E-state index in [1.165, 1.54) is 11.1 Å². The minimum absolute atomic E-state index is 0. The van der Waals surface area contributed by atoms with Crippen molar-refractivity contribution in [2.75, 3.05) is 0 Å². The third kappa shape index (κ3) is 1.11. The summed E-state index contributed by atoms with van der Waals surface area (Å²) < 4.78 is 0. The van der Waals surface area contributed by atoms with Crippen molar-refractivity contribution in [2.24, 2.45) is 0 Å². The molecule has 0 aliphatic heterocycles. The first kappa shape index (κ1) is 8.18. The standard InChI is InChI=1S/C6H4.C2H6.H3N/c1-2-6-4-3-5(1)6;1-2;/h1-4H;1-2H3;1H3. The first-order valence-corrected chi connectivity index (χ1v) is 3.07. The van der Waals surface area contributed by atoms with E-state index in [0.717, 1.165) is 0 Å². The van der Waals surface area contributed by atoms with Crippen LogP contribution in [0.5, 0.6) is 0 Å². The third-order valence-corrected chi connectivity index (χ3v) is 1.22. The van der Waals surface area contributed by atoms with Crippen LogP contribution in [0.4, 0.5) is 0 Å². The third-order valence-electron chi connectivity index (χ3n) is 1.22. The van der Waals surface area contributed by atoms with E-state index in [4.69, 9.17) is 0 Å². The molecule has 2 aliphatic carbocycles. The molecule has 0 heterocycles. The van der Waals surface area contributed by atoms with Crippen LogP contribution >= 0.6 is 0 Å². The number of hydrogen-bond acceptors (Lipinski definition) is 1. The van der Waals surface area contributed by atoms with Crippen LogP contribution in [-0.2, 0) is 0 Å². The molecular formula is C8H13N. The summed E-state index contributed by atoms with van der Waals surface area (Å²) in [6, 6.07) is 8.48. The van der Waals surface area contributed by atoms with Crippen molar-refractivity contribution in [3.05, 3.63) is 24.3 Å². The van der Waals surface area contributed by atoms with Crippen molar-refractivity contribution in [3.63, 3.8) is 0 Å². The highest BCUT2D eigenvalue weighted by atomic mass is 14.1. The van der Waals surface area contributed by atoms with Crippen molar-refractivity contribution in [1.29, 1.82) is 0 Å². The number of hydrogen-bond donors (Lipinski definition) is 1. The molecule has 0 aromatic heterocycles. The molecule has 0 saturated heterocycles. The van der Waals surface area contributed by atoms with Crippen LogP contribution in [0.15, 0.2) is 24.3 Å². The highest BCUT2D eigenvalue weighted by Gasteiger charge is 2.03. The van der Waals surface area contributed by atoms with Crippen LogP contribution in [0.1, 0.15) is 13.8 Å². The second-order valence-electron chi connectivity index (χ2n) is 1.58. The molecule has 0 aromatic rings. The summed E-state index contributed by atoms with van der Waals surface area (Å²) in [6.07, 6.45) is 0. The first-order chi connectivity index (χ1) is 3.97. The van der Waals surface area contributed by atoms with Gasteiger partial charge < -0.3 is 6.15 Å². The van der Waals surface area contributed by atoms with Gasteiger partial charge in [0.2, 0.25) is 0 Å². The largest absolute Gasteiger partial charge is 0.344 e. The summed E-state index contributed by atoms with van der Waals surface area (Å²) in [6.45, 7) is 4.00. The molecule has 1 heteroatoms. The van der Waals surface area contributed by atoms with Gasteiger partial charge in [-0.05, 0) is 11.1 Å². The molecule has 0 bridgehead atoms. The van der Waals surface area contributed by atoms with Gasteiger partial charge in [0.15, 0.2) is 0 Å². The highest BCUT2D eigenvalue weighted by molar-refractivity contribution is 5.75. The van der Waals surface area contributed by atoms with Gasteiger partial charge in [-0.1, -0.05) is 38.1 Å². The molecule has 0 saturated carbocycles. The molecule has 1 nitrogen and oxygen atoms in total. The minimum atomic E-state index is 0. The first-order valence-electron chi connectivity index (χ1n) is 3.07. The molecule has 0 radical (unpaired) electrons. The fraction of sp³-hybridized carbons (Fsp3) is 0.250. The summed E-state index contributed by atoms with van der Waals surface area (Å²) in [5.74, 6) is 0. The maximum atomic E-state index is 2.12. The number of rotatable bonds is 0. The monoisotopic (exact) mass is 123 g/mol. The van der Waals surface area contributed by atoms with Crippen LogP contribution < -0.4 is 6.15 Å². The van der Waals surface area contributed by atoms with Gasteiger partial charge >= 0.3 is 0 Å². The summed E-state index contributed by atoms with van der Waals surface area (Å²) in [4.78, 5) is 0. The molecule has 0 fully saturated rings. The highest BCUT2D eigenvalue weighted by Crippen LogP contribution is 2.29. The quantitative estimate of drug-likeness (QED) is 0.574. The van der Waals surface area contributed by atoms with E-state index in [9.17, 15) is 0 Å².